The van der Waals surface area contributed by atoms with Crippen molar-refractivity contribution in [1.29, 1.82) is 0 Å². The van der Waals surface area contributed by atoms with E-state index in [1.54, 1.807) is 0 Å². The monoisotopic (exact) mass is 331 g/mol. The lowest BCUT2D eigenvalue weighted by Gasteiger charge is -2.18. The Kier molecular flexibility index (Phi) is 7.05. The van der Waals surface area contributed by atoms with Gasteiger partial charge in [0, 0.05) is 9.61 Å². The summed E-state index contributed by atoms with van der Waals surface area (Å²) in [5.74, 6) is 0. The Morgan fingerprint density at radius 1 is 1.19 bits per heavy atom. The molecule has 0 spiro atoms. The molecule has 0 saturated heterocycles. The summed E-state index contributed by atoms with van der Waals surface area (Å²) in [6.45, 7) is 2.26. The van der Waals surface area contributed by atoms with Crippen molar-refractivity contribution in [3.63, 3.8) is 0 Å². The van der Waals surface area contributed by atoms with Crippen LogP contribution in [-0.4, -0.2) is 7.05 Å². The van der Waals surface area contributed by atoms with Crippen LogP contribution in [0, 0.1) is 3.57 Å². The second-order valence-corrected chi connectivity index (χ2v) is 5.37. The minimum Gasteiger partial charge on any atom is -0.313 e. The Morgan fingerprint density at radius 3 is 2.56 bits per heavy atom. The Morgan fingerprint density at radius 2 is 1.94 bits per heavy atom. The zero-order valence-corrected chi connectivity index (χ0v) is 12.5. The standard InChI is InChI=1S/C14H22IN/c1-3-4-5-6-11-14(16-2)12-9-7-8-10-13(12)15/h7-10,14,16H,3-6,11H2,1-2H3. The van der Waals surface area contributed by atoms with Crippen LogP contribution in [0.15, 0.2) is 24.3 Å². The lowest BCUT2D eigenvalue weighted by Crippen LogP contribution is -2.17. The van der Waals surface area contributed by atoms with Crippen molar-refractivity contribution in [3.05, 3.63) is 33.4 Å². The normalized spacial score (nSPS) is 12.7. The molecule has 2 heteroatoms. The summed E-state index contributed by atoms with van der Waals surface area (Å²) in [6.07, 6.45) is 6.61. The maximum absolute atomic E-state index is 3.43. The van der Waals surface area contributed by atoms with Gasteiger partial charge >= 0.3 is 0 Å². The topological polar surface area (TPSA) is 12.0 Å². The van der Waals surface area contributed by atoms with E-state index in [-0.39, 0.29) is 0 Å². The molecule has 0 fully saturated rings. The number of hydrogen-bond acceptors (Lipinski definition) is 1. The number of nitrogens with one attached hydrogen (secondary N) is 1. The molecule has 16 heavy (non-hydrogen) atoms. The molecule has 1 aromatic carbocycles. The average Bonchev–Trinajstić information content (AvgIpc) is 2.31. The number of rotatable bonds is 7. The van der Waals surface area contributed by atoms with Crippen LogP contribution in [0.5, 0.6) is 0 Å². The molecule has 0 heterocycles. The van der Waals surface area contributed by atoms with E-state index in [4.69, 9.17) is 0 Å². The minimum absolute atomic E-state index is 0.518. The third-order valence-corrected chi connectivity index (χ3v) is 3.96. The fraction of sp³-hybridized carbons (Fsp3) is 0.571. The first-order valence-electron chi connectivity index (χ1n) is 6.21. The van der Waals surface area contributed by atoms with E-state index in [1.165, 1.54) is 41.2 Å². The van der Waals surface area contributed by atoms with Crippen LogP contribution >= 0.6 is 22.6 Å². The van der Waals surface area contributed by atoms with Gasteiger partial charge in [0.1, 0.15) is 0 Å². The molecule has 90 valence electrons. The number of benzene rings is 1. The molecule has 0 aliphatic rings. The lowest BCUT2D eigenvalue weighted by atomic mass is 10.0. The predicted molar refractivity (Wildman–Crippen MR) is 79.7 cm³/mol. The van der Waals surface area contributed by atoms with Crippen molar-refractivity contribution in [1.82, 2.24) is 5.32 Å². The van der Waals surface area contributed by atoms with E-state index in [9.17, 15) is 0 Å². The molecule has 0 amide bonds. The van der Waals surface area contributed by atoms with Gasteiger partial charge in [-0.05, 0) is 47.7 Å². The quantitative estimate of drug-likeness (QED) is 0.572. The van der Waals surface area contributed by atoms with Gasteiger partial charge in [-0.1, -0.05) is 50.8 Å². The van der Waals surface area contributed by atoms with E-state index in [0.717, 1.165) is 0 Å². The Labute approximate surface area is 113 Å². The zero-order valence-electron chi connectivity index (χ0n) is 10.3. The summed E-state index contributed by atoms with van der Waals surface area (Å²) < 4.78 is 1.37. The van der Waals surface area contributed by atoms with Gasteiger partial charge in [-0.2, -0.15) is 0 Å². The van der Waals surface area contributed by atoms with E-state index in [2.05, 4.69) is 66.1 Å². The molecule has 0 radical (unpaired) electrons. The summed E-state index contributed by atoms with van der Waals surface area (Å²) in [5.41, 5.74) is 1.45. The third-order valence-electron chi connectivity index (χ3n) is 2.98. The van der Waals surface area contributed by atoms with Crippen LogP contribution in [0.2, 0.25) is 0 Å². The molecule has 0 aliphatic carbocycles. The first kappa shape index (κ1) is 14.0. The van der Waals surface area contributed by atoms with Gasteiger partial charge in [-0.25, -0.2) is 0 Å². The van der Waals surface area contributed by atoms with Gasteiger partial charge in [0.25, 0.3) is 0 Å². The summed E-state index contributed by atoms with van der Waals surface area (Å²) in [4.78, 5) is 0. The van der Waals surface area contributed by atoms with Crippen molar-refractivity contribution in [3.8, 4) is 0 Å². The van der Waals surface area contributed by atoms with Gasteiger partial charge in [0.2, 0.25) is 0 Å². The minimum atomic E-state index is 0.518. The van der Waals surface area contributed by atoms with Gasteiger partial charge in [-0.15, -0.1) is 0 Å². The first-order valence-corrected chi connectivity index (χ1v) is 7.29. The largest absolute Gasteiger partial charge is 0.313 e. The summed E-state index contributed by atoms with van der Waals surface area (Å²) in [6, 6.07) is 9.18. The third kappa shape index (κ3) is 4.42. The van der Waals surface area contributed by atoms with Gasteiger partial charge in [0.15, 0.2) is 0 Å². The van der Waals surface area contributed by atoms with Gasteiger partial charge in [-0.3, -0.25) is 0 Å². The van der Waals surface area contributed by atoms with Gasteiger partial charge < -0.3 is 5.32 Å². The molecule has 1 nitrogen and oxygen atoms in total. The fourth-order valence-corrected chi connectivity index (χ4v) is 2.75. The fourth-order valence-electron chi connectivity index (χ4n) is 1.99. The Balaban J connectivity index is 2.51. The van der Waals surface area contributed by atoms with E-state index < -0.39 is 0 Å². The van der Waals surface area contributed by atoms with Crippen molar-refractivity contribution >= 4 is 22.6 Å². The molecule has 1 N–H and O–H groups in total. The molecule has 1 aromatic rings. The smallest absolute Gasteiger partial charge is 0.0328 e. The molecule has 0 saturated carbocycles. The highest BCUT2D eigenvalue weighted by molar-refractivity contribution is 14.1. The van der Waals surface area contributed by atoms with Crippen LogP contribution in [0.3, 0.4) is 0 Å². The Bertz CT molecular complexity index is 299. The lowest BCUT2D eigenvalue weighted by molar-refractivity contribution is 0.503. The van der Waals surface area contributed by atoms with E-state index in [0.29, 0.717) is 6.04 Å². The number of hydrogen-bond donors (Lipinski definition) is 1. The predicted octanol–water partition coefficient (Wildman–Crippen LogP) is 4.52. The van der Waals surface area contributed by atoms with Gasteiger partial charge in [0.05, 0.1) is 0 Å². The molecule has 1 unspecified atom stereocenters. The van der Waals surface area contributed by atoms with Crippen molar-refractivity contribution in [2.75, 3.05) is 7.05 Å². The van der Waals surface area contributed by atoms with Crippen LogP contribution in [0.4, 0.5) is 0 Å². The summed E-state index contributed by atoms with van der Waals surface area (Å²) in [7, 11) is 2.06. The van der Waals surface area contributed by atoms with Crippen LogP contribution < -0.4 is 5.32 Å². The van der Waals surface area contributed by atoms with Crippen LogP contribution in [-0.2, 0) is 0 Å². The van der Waals surface area contributed by atoms with E-state index in [1.807, 2.05) is 0 Å². The van der Waals surface area contributed by atoms with E-state index >= 15 is 0 Å². The highest BCUT2D eigenvalue weighted by Gasteiger charge is 2.10. The maximum atomic E-state index is 3.43. The molecule has 0 bridgehead atoms. The molecule has 1 rings (SSSR count). The molecule has 1 atom stereocenters. The molecule has 0 aromatic heterocycles. The highest BCUT2D eigenvalue weighted by Crippen LogP contribution is 2.24. The number of unbranched alkanes of at least 4 members (excludes halogenated alkanes) is 3. The summed E-state index contributed by atoms with van der Waals surface area (Å²) in [5, 5.41) is 3.43. The maximum Gasteiger partial charge on any atom is 0.0328 e. The molecular weight excluding hydrogens is 309 g/mol. The van der Waals surface area contributed by atoms with Crippen LogP contribution in [0.1, 0.15) is 50.6 Å². The SMILES string of the molecule is CCCCCCC(NC)c1ccccc1I. The Hall–Kier alpha value is -0.0900. The molecular formula is C14H22IN. The number of halogens is 1. The highest BCUT2D eigenvalue weighted by atomic mass is 127. The average molecular weight is 331 g/mol. The van der Waals surface area contributed by atoms with Crippen molar-refractivity contribution in [2.24, 2.45) is 0 Å². The summed E-state index contributed by atoms with van der Waals surface area (Å²) >= 11 is 2.43. The zero-order chi connectivity index (χ0) is 11.8. The van der Waals surface area contributed by atoms with Crippen LogP contribution in [0.25, 0.3) is 0 Å². The molecule has 0 aliphatic heterocycles. The second-order valence-electron chi connectivity index (χ2n) is 4.21. The van der Waals surface area contributed by atoms with Crippen molar-refractivity contribution in [2.45, 2.75) is 45.1 Å². The second kappa shape index (κ2) is 8.07. The van der Waals surface area contributed by atoms with Crippen molar-refractivity contribution < 1.29 is 0 Å². The first-order chi connectivity index (χ1) is 7.79.